The molecule has 0 aliphatic heterocycles. The molecule has 0 aliphatic rings. The third-order valence-electron chi connectivity index (χ3n) is 1.36. The highest BCUT2D eigenvalue weighted by Gasteiger charge is 2.12. The van der Waals surface area contributed by atoms with Gasteiger partial charge in [-0.3, -0.25) is 4.79 Å². The lowest BCUT2D eigenvalue weighted by Gasteiger charge is -2.15. The molecule has 3 nitrogen and oxygen atoms in total. The van der Waals surface area contributed by atoms with Gasteiger partial charge in [0.05, 0.1) is 6.04 Å². The van der Waals surface area contributed by atoms with Crippen LogP contribution in [0.1, 0.15) is 19.8 Å². The lowest BCUT2D eigenvalue weighted by molar-refractivity contribution is -0.130. The van der Waals surface area contributed by atoms with Crippen LogP contribution in [0, 0.1) is 0 Å². The van der Waals surface area contributed by atoms with Gasteiger partial charge in [0.1, 0.15) is 0 Å². The van der Waals surface area contributed by atoms with Gasteiger partial charge in [-0.25, -0.2) is 0 Å². The van der Waals surface area contributed by atoms with Crippen LogP contribution in [0.3, 0.4) is 0 Å². The monoisotopic (exact) mass is 180 g/mol. The molecule has 1 atom stereocenters. The number of hydrogen-bond donors (Lipinski definition) is 1. The lowest BCUT2D eigenvalue weighted by atomic mass is 10.1. The molecule has 1 unspecified atom stereocenters. The van der Waals surface area contributed by atoms with Crippen LogP contribution in [0.4, 0.5) is 0 Å². The Bertz CT molecular complexity index is 117. The zero-order chi connectivity index (χ0) is 8.15. The van der Waals surface area contributed by atoms with Gasteiger partial charge in [0.2, 0.25) is 5.91 Å². The molecule has 0 fully saturated rings. The van der Waals surface area contributed by atoms with E-state index in [4.69, 9.17) is 5.73 Å². The van der Waals surface area contributed by atoms with Crippen molar-refractivity contribution in [1.82, 2.24) is 4.90 Å². The first-order valence-corrected chi connectivity index (χ1v) is 3.56. The molecule has 68 valence electrons. The second kappa shape index (κ2) is 6.43. The van der Waals surface area contributed by atoms with Crippen molar-refractivity contribution in [3.8, 4) is 0 Å². The molecule has 0 saturated carbocycles. The van der Waals surface area contributed by atoms with Crippen molar-refractivity contribution in [3.05, 3.63) is 0 Å². The number of halogens is 1. The molecule has 0 aromatic carbocycles. The number of nitrogens with two attached hydrogens (primary N) is 1. The second-order valence-corrected chi connectivity index (χ2v) is 2.63. The molecule has 11 heavy (non-hydrogen) atoms. The Labute approximate surface area is 74.3 Å². The van der Waals surface area contributed by atoms with E-state index < -0.39 is 0 Å². The highest BCUT2D eigenvalue weighted by molar-refractivity contribution is 5.85. The van der Waals surface area contributed by atoms with Gasteiger partial charge in [-0.2, -0.15) is 0 Å². The number of likely N-dealkylation sites (N-methyl/N-ethyl adjacent to an activating group) is 1. The molecule has 0 aliphatic carbocycles. The average molecular weight is 181 g/mol. The second-order valence-electron chi connectivity index (χ2n) is 2.63. The van der Waals surface area contributed by atoms with Gasteiger partial charge in [0.15, 0.2) is 0 Å². The predicted octanol–water partition coefficient (Wildman–Crippen LogP) is 0.624. The summed E-state index contributed by atoms with van der Waals surface area (Å²) in [6.45, 7) is 2.02. The molecular formula is C7H17ClN2O. The smallest absolute Gasteiger partial charge is 0.238 e. The molecule has 0 radical (unpaired) electrons. The standard InChI is InChI=1S/C7H16N2O.ClH/c1-4-5-6(8)7(10)9(2)3;/h6H,4-5,8H2,1-3H3;1H. The van der Waals surface area contributed by atoms with Gasteiger partial charge in [-0.1, -0.05) is 13.3 Å². The molecule has 0 aromatic rings. The molecule has 2 N–H and O–H groups in total. The minimum Gasteiger partial charge on any atom is -0.347 e. The molecule has 0 aromatic heterocycles. The predicted molar refractivity (Wildman–Crippen MR) is 48.8 cm³/mol. The fraction of sp³-hybridized carbons (Fsp3) is 0.857. The van der Waals surface area contributed by atoms with E-state index in [0.29, 0.717) is 0 Å². The van der Waals surface area contributed by atoms with E-state index in [1.807, 2.05) is 6.92 Å². The number of hydrogen-bond acceptors (Lipinski definition) is 2. The Hall–Kier alpha value is -0.280. The maximum atomic E-state index is 11.0. The van der Waals surface area contributed by atoms with E-state index in [0.717, 1.165) is 12.8 Å². The molecule has 1 amide bonds. The third-order valence-corrected chi connectivity index (χ3v) is 1.36. The van der Waals surface area contributed by atoms with Crippen LogP contribution >= 0.6 is 12.4 Å². The van der Waals surface area contributed by atoms with E-state index in [1.165, 1.54) is 4.90 Å². The largest absolute Gasteiger partial charge is 0.347 e. The quantitative estimate of drug-likeness (QED) is 0.693. The number of carbonyl (C=O) groups excluding carboxylic acids is 1. The summed E-state index contributed by atoms with van der Waals surface area (Å²) in [6, 6.07) is -0.306. The molecule has 0 spiro atoms. The van der Waals surface area contributed by atoms with Crippen LogP contribution in [-0.2, 0) is 4.79 Å². The van der Waals surface area contributed by atoms with E-state index in [1.54, 1.807) is 14.1 Å². The summed E-state index contributed by atoms with van der Waals surface area (Å²) >= 11 is 0. The first-order chi connectivity index (χ1) is 4.59. The van der Waals surface area contributed by atoms with Crippen LogP contribution in [-0.4, -0.2) is 30.9 Å². The number of amides is 1. The lowest BCUT2D eigenvalue weighted by Crippen LogP contribution is -2.39. The highest BCUT2D eigenvalue weighted by atomic mass is 35.5. The SMILES string of the molecule is CCCC(N)C(=O)N(C)C.Cl. The van der Waals surface area contributed by atoms with Crippen LogP contribution in [0.5, 0.6) is 0 Å². The maximum Gasteiger partial charge on any atom is 0.238 e. The first kappa shape index (κ1) is 13.3. The van der Waals surface area contributed by atoms with Gasteiger partial charge >= 0.3 is 0 Å². The Morgan fingerprint density at radius 3 is 2.27 bits per heavy atom. The maximum absolute atomic E-state index is 11.0. The minimum atomic E-state index is -0.306. The Balaban J connectivity index is 0. The summed E-state index contributed by atoms with van der Waals surface area (Å²) < 4.78 is 0. The normalized spacial score (nSPS) is 11.6. The van der Waals surface area contributed by atoms with Crippen molar-refractivity contribution in [2.24, 2.45) is 5.73 Å². The van der Waals surface area contributed by atoms with Crippen molar-refractivity contribution >= 4 is 18.3 Å². The molecule has 4 heteroatoms. The number of nitrogens with zero attached hydrogens (tertiary/aromatic N) is 1. The summed E-state index contributed by atoms with van der Waals surface area (Å²) in [5.41, 5.74) is 5.54. The van der Waals surface area contributed by atoms with E-state index >= 15 is 0 Å². The van der Waals surface area contributed by atoms with Crippen molar-refractivity contribution in [2.45, 2.75) is 25.8 Å². The Morgan fingerprint density at radius 1 is 1.55 bits per heavy atom. The van der Waals surface area contributed by atoms with Crippen molar-refractivity contribution in [1.29, 1.82) is 0 Å². The van der Waals surface area contributed by atoms with Crippen molar-refractivity contribution in [3.63, 3.8) is 0 Å². The minimum absolute atomic E-state index is 0. The van der Waals surface area contributed by atoms with Crippen LogP contribution in [0.25, 0.3) is 0 Å². The number of rotatable bonds is 3. The zero-order valence-electron chi connectivity index (χ0n) is 7.33. The fourth-order valence-corrected chi connectivity index (χ4v) is 0.766. The van der Waals surface area contributed by atoms with Gasteiger partial charge in [0, 0.05) is 14.1 Å². The van der Waals surface area contributed by atoms with E-state index in [2.05, 4.69) is 0 Å². The van der Waals surface area contributed by atoms with E-state index in [-0.39, 0.29) is 24.4 Å². The van der Waals surface area contributed by atoms with Gasteiger partial charge < -0.3 is 10.6 Å². The first-order valence-electron chi connectivity index (χ1n) is 3.56. The summed E-state index contributed by atoms with van der Waals surface area (Å²) in [5, 5.41) is 0. The summed E-state index contributed by atoms with van der Waals surface area (Å²) in [5.74, 6) is 0.0156. The molecule has 0 bridgehead atoms. The number of carbonyl (C=O) groups is 1. The van der Waals surface area contributed by atoms with Crippen molar-refractivity contribution < 1.29 is 4.79 Å². The molecule has 0 heterocycles. The van der Waals surface area contributed by atoms with Crippen LogP contribution < -0.4 is 5.73 Å². The molecule has 0 saturated heterocycles. The van der Waals surface area contributed by atoms with Crippen molar-refractivity contribution in [2.75, 3.05) is 14.1 Å². The van der Waals surface area contributed by atoms with E-state index in [9.17, 15) is 4.79 Å². The van der Waals surface area contributed by atoms with Crippen LogP contribution in [0.2, 0.25) is 0 Å². The Kier molecular flexibility index (Phi) is 7.79. The zero-order valence-corrected chi connectivity index (χ0v) is 8.15. The van der Waals surface area contributed by atoms with Crippen LogP contribution in [0.15, 0.2) is 0 Å². The van der Waals surface area contributed by atoms with Gasteiger partial charge in [-0.05, 0) is 6.42 Å². The van der Waals surface area contributed by atoms with Gasteiger partial charge in [-0.15, -0.1) is 12.4 Å². The Morgan fingerprint density at radius 2 is 2.00 bits per heavy atom. The topological polar surface area (TPSA) is 46.3 Å². The average Bonchev–Trinajstić information content (AvgIpc) is 1.87. The van der Waals surface area contributed by atoms with Gasteiger partial charge in [0.25, 0.3) is 0 Å². The fourth-order valence-electron chi connectivity index (χ4n) is 0.766. The summed E-state index contributed by atoms with van der Waals surface area (Å²) in [7, 11) is 3.44. The third kappa shape index (κ3) is 5.04. The highest BCUT2D eigenvalue weighted by Crippen LogP contribution is 1.95. The molecular weight excluding hydrogens is 164 g/mol. The summed E-state index contributed by atoms with van der Waals surface area (Å²) in [4.78, 5) is 12.6. The molecule has 0 rings (SSSR count). The summed E-state index contributed by atoms with van der Waals surface area (Å²) in [6.07, 6.45) is 1.73.